The minimum Gasteiger partial charge on any atom is -0.463 e. The number of methoxy groups -OCH3 is 1. The lowest BCUT2D eigenvalue weighted by Gasteiger charge is -2.21. The molecule has 0 saturated carbocycles. The molecule has 0 radical (unpaired) electrons. The maximum Gasteiger partial charge on any atom is 0.410 e. The van der Waals surface area contributed by atoms with Gasteiger partial charge >= 0.3 is 24.1 Å². The van der Waals surface area contributed by atoms with E-state index >= 15 is 0 Å². The minimum absolute atomic E-state index is 0. The molecule has 48 heavy (non-hydrogen) atoms. The summed E-state index contributed by atoms with van der Waals surface area (Å²) in [6.07, 6.45) is 7.15. The van der Waals surface area contributed by atoms with Gasteiger partial charge in [-0.15, -0.1) is 0 Å². The first kappa shape index (κ1) is 54.8. The fourth-order valence-electron chi connectivity index (χ4n) is 3.22. The molecule has 0 aliphatic heterocycles. The van der Waals surface area contributed by atoms with Crippen LogP contribution < -0.4 is 0 Å². The molecule has 12 heteroatoms. The molecule has 0 aromatic rings. The molecule has 0 aliphatic carbocycles. The first-order chi connectivity index (χ1) is 22.0. The predicted octanol–water partition coefficient (Wildman–Crippen LogP) is 8.02. The van der Waals surface area contributed by atoms with Crippen molar-refractivity contribution in [1.82, 2.24) is 9.80 Å². The van der Waals surface area contributed by atoms with E-state index in [1.165, 1.54) is 4.90 Å². The first-order valence-electron chi connectivity index (χ1n) is 17.4. The zero-order chi connectivity index (χ0) is 37.2. The Morgan fingerprint density at radius 2 is 1.02 bits per heavy atom. The molecule has 0 aliphatic rings. The summed E-state index contributed by atoms with van der Waals surface area (Å²) < 4.78 is 24.7. The van der Waals surface area contributed by atoms with E-state index in [0.29, 0.717) is 25.9 Å². The van der Waals surface area contributed by atoms with Gasteiger partial charge in [-0.3, -0.25) is 9.59 Å². The van der Waals surface area contributed by atoms with Gasteiger partial charge in [0.1, 0.15) is 0 Å². The van der Waals surface area contributed by atoms with Crippen molar-refractivity contribution in [1.29, 1.82) is 0 Å². The van der Waals surface area contributed by atoms with Crippen LogP contribution in [0.15, 0.2) is 0 Å². The number of nitrogens with zero attached hydrogens (tertiary/aromatic N) is 2. The molecule has 0 aromatic carbocycles. The van der Waals surface area contributed by atoms with Crippen molar-refractivity contribution >= 4 is 24.1 Å². The molecule has 0 saturated heterocycles. The molecule has 0 unspecified atom stereocenters. The Bertz CT molecular complexity index is 740. The second-order valence-electron chi connectivity index (χ2n) is 12.0. The Kier molecular flexibility index (Phi) is 44.4. The van der Waals surface area contributed by atoms with Crippen molar-refractivity contribution in [2.45, 2.75) is 166 Å². The van der Waals surface area contributed by atoms with E-state index in [1.54, 1.807) is 32.9 Å². The summed E-state index contributed by atoms with van der Waals surface area (Å²) in [7, 11) is 3.42. The Hall–Kier alpha value is -2.60. The number of rotatable bonds is 19. The zero-order valence-corrected chi connectivity index (χ0v) is 32.2. The number of ether oxygens (including phenoxy) is 5. The van der Waals surface area contributed by atoms with Gasteiger partial charge in [-0.2, -0.15) is 0 Å². The van der Waals surface area contributed by atoms with Gasteiger partial charge in [0.05, 0.1) is 31.0 Å². The van der Waals surface area contributed by atoms with E-state index in [4.69, 9.17) is 28.8 Å². The van der Waals surface area contributed by atoms with Crippen molar-refractivity contribution in [3.05, 3.63) is 0 Å². The van der Waals surface area contributed by atoms with Crippen LogP contribution in [0.3, 0.4) is 0 Å². The number of carbonyl (C=O) groups is 4. The lowest BCUT2D eigenvalue weighted by atomic mass is 10.2. The molecule has 2 amide bonds. The summed E-state index contributed by atoms with van der Waals surface area (Å²) in [5, 5.41) is 8.70. The normalized spacial score (nSPS) is 9.96. The largest absolute Gasteiger partial charge is 0.463 e. The van der Waals surface area contributed by atoms with Crippen LogP contribution in [-0.2, 0) is 33.3 Å². The third-order valence-corrected chi connectivity index (χ3v) is 5.40. The van der Waals surface area contributed by atoms with Gasteiger partial charge in [0.25, 0.3) is 0 Å². The molecule has 12 nitrogen and oxygen atoms in total. The quantitative estimate of drug-likeness (QED) is 0.0802. The van der Waals surface area contributed by atoms with E-state index in [-0.39, 0.29) is 62.6 Å². The van der Waals surface area contributed by atoms with Crippen molar-refractivity contribution in [2.24, 2.45) is 0 Å². The van der Waals surface area contributed by atoms with Gasteiger partial charge < -0.3 is 38.6 Å². The van der Waals surface area contributed by atoms with Gasteiger partial charge in [-0.05, 0) is 87.5 Å². The molecule has 290 valence electrons. The molecule has 1 N–H and O–H groups in total. The SMILES string of the molecule is C.CCCCC(=O)OC(C)C.CCCCN(C)C(=O)OC(C)C.CCCN(CCO)C(=O)OC(C)C.COCCCCC(=O)OC(C)C. The highest BCUT2D eigenvalue weighted by atomic mass is 16.6. The van der Waals surface area contributed by atoms with Crippen LogP contribution in [0, 0.1) is 0 Å². The van der Waals surface area contributed by atoms with Gasteiger partial charge in [0.15, 0.2) is 0 Å². The molecule has 0 spiro atoms. The average molecular weight is 697 g/mol. The maximum atomic E-state index is 11.3. The van der Waals surface area contributed by atoms with Crippen molar-refractivity contribution < 1.29 is 48.0 Å². The maximum absolute atomic E-state index is 11.3. The summed E-state index contributed by atoms with van der Waals surface area (Å²) >= 11 is 0. The molecule has 0 rings (SSSR count). The van der Waals surface area contributed by atoms with E-state index in [9.17, 15) is 19.2 Å². The van der Waals surface area contributed by atoms with E-state index < -0.39 is 0 Å². The van der Waals surface area contributed by atoms with Gasteiger partial charge in [0.2, 0.25) is 0 Å². The number of aliphatic hydroxyl groups is 1. The summed E-state index contributed by atoms with van der Waals surface area (Å²) in [5.41, 5.74) is 0. The molecule has 0 fully saturated rings. The number of aliphatic hydroxyl groups excluding tert-OH is 1. The molecular weight excluding hydrogens is 620 g/mol. The van der Waals surface area contributed by atoms with Crippen LogP contribution in [0.1, 0.15) is 141 Å². The number of hydrogen-bond donors (Lipinski definition) is 1. The number of unbranched alkanes of at least 4 members (excludes halogenated alkanes) is 3. The smallest absolute Gasteiger partial charge is 0.410 e. The van der Waals surface area contributed by atoms with Crippen LogP contribution in [-0.4, -0.2) is 110 Å². The van der Waals surface area contributed by atoms with Crippen LogP contribution >= 0.6 is 0 Å². The van der Waals surface area contributed by atoms with Crippen LogP contribution in [0.25, 0.3) is 0 Å². The van der Waals surface area contributed by atoms with E-state index in [0.717, 1.165) is 58.1 Å². The Morgan fingerprint density at radius 1 is 0.583 bits per heavy atom. The number of hydrogen-bond acceptors (Lipinski definition) is 10. The lowest BCUT2D eigenvalue weighted by Crippen LogP contribution is -2.35. The fourth-order valence-corrected chi connectivity index (χ4v) is 3.22. The van der Waals surface area contributed by atoms with Gasteiger partial charge in [-0.25, -0.2) is 9.59 Å². The molecule has 0 heterocycles. The molecule has 0 bridgehead atoms. The third-order valence-electron chi connectivity index (χ3n) is 5.40. The standard InChI is InChI=1S/C9H19NO3.C9H19NO2.C9H18O3.C8H16O2.CH4/c1-4-5-10(6-7-11)9(12)13-8(2)3;1-5-6-7-10(4)9(11)12-8(2)3;1-8(2)12-9(10)6-4-5-7-11-3;1-4-5-6-8(9)10-7(2)3;/h8,11H,4-7H2,1-3H3;8H,5-7H2,1-4H3;8H,4-7H2,1-3H3;7H,4-6H2,1-3H3;1H4. The predicted molar refractivity (Wildman–Crippen MR) is 194 cm³/mol. The number of carbonyl (C=O) groups excluding carboxylic acids is 4. The highest BCUT2D eigenvalue weighted by Crippen LogP contribution is 2.02. The topological polar surface area (TPSA) is 141 Å². The second-order valence-corrected chi connectivity index (χ2v) is 12.0. The zero-order valence-electron chi connectivity index (χ0n) is 32.2. The third kappa shape index (κ3) is 45.5. The molecular formula is C36H76N2O10. The molecule has 0 aromatic heterocycles. The van der Waals surface area contributed by atoms with Crippen LogP contribution in [0.5, 0.6) is 0 Å². The van der Waals surface area contributed by atoms with Crippen molar-refractivity contribution in [3.8, 4) is 0 Å². The monoisotopic (exact) mass is 697 g/mol. The summed E-state index contributed by atoms with van der Waals surface area (Å²) in [5.74, 6) is -0.182. The second kappa shape index (κ2) is 38.8. The van der Waals surface area contributed by atoms with Crippen LogP contribution in [0.4, 0.5) is 9.59 Å². The number of esters is 2. The minimum atomic E-state index is -0.342. The van der Waals surface area contributed by atoms with E-state index in [1.807, 2.05) is 48.5 Å². The first-order valence-corrected chi connectivity index (χ1v) is 17.4. The highest BCUT2D eigenvalue weighted by molar-refractivity contribution is 5.70. The summed E-state index contributed by atoms with van der Waals surface area (Å²) in [6, 6.07) is 0. The number of amides is 2. The van der Waals surface area contributed by atoms with Gasteiger partial charge in [-0.1, -0.05) is 41.0 Å². The Balaban J connectivity index is -0.000000171. The van der Waals surface area contributed by atoms with Crippen LogP contribution in [0.2, 0.25) is 0 Å². The Labute approximate surface area is 294 Å². The Morgan fingerprint density at radius 3 is 1.40 bits per heavy atom. The summed E-state index contributed by atoms with van der Waals surface area (Å²) in [4.78, 5) is 47.4. The molecule has 0 atom stereocenters. The fraction of sp³-hybridized carbons (Fsp3) is 0.889. The van der Waals surface area contributed by atoms with Crippen molar-refractivity contribution in [3.63, 3.8) is 0 Å². The van der Waals surface area contributed by atoms with Gasteiger partial charge in [0, 0.05) is 53.2 Å². The summed E-state index contributed by atoms with van der Waals surface area (Å²) in [6.45, 7) is 23.3. The highest BCUT2D eigenvalue weighted by Gasteiger charge is 2.14. The van der Waals surface area contributed by atoms with Crippen molar-refractivity contribution in [2.75, 3.05) is 47.0 Å². The average Bonchev–Trinajstić information content (AvgIpc) is 2.96. The van der Waals surface area contributed by atoms with E-state index in [2.05, 4.69) is 13.8 Å². The lowest BCUT2D eigenvalue weighted by molar-refractivity contribution is -0.148.